The van der Waals surface area contributed by atoms with Gasteiger partial charge in [0.05, 0.1) is 17.8 Å². The molecule has 0 aliphatic rings. The van der Waals surface area contributed by atoms with Crippen LogP contribution < -0.4 is 10.9 Å². The summed E-state index contributed by atoms with van der Waals surface area (Å²) in [6, 6.07) is 16.3. The van der Waals surface area contributed by atoms with E-state index < -0.39 is 10.8 Å². The lowest BCUT2D eigenvalue weighted by Gasteiger charge is -2.09. The van der Waals surface area contributed by atoms with Crippen LogP contribution in [0.25, 0.3) is 5.69 Å². The second-order valence-corrected chi connectivity index (χ2v) is 6.75. The zero-order valence-electron chi connectivity index (χ0n) is 16.2. The van der Waals surface area contributed by atoms with Crippen molar-refractivity contribution < 1.29 is 9.72 Å². The van der Waals surface area contributed by atoms with E-state index >= 15 is 0 Å². The Balaban J connectivity index is 1.50. The van der Waals surface area contributed by atoms with E-state index in [0.29, 0.717) is 17.9 Å². The van der Waals surface area contributed by atoms with Gasteiger partial charge in [-0.15, -0.1) is 0 Å². The summed E-state index contributed by atoms with van der Waals surface area (Å²) < 4.78 is 3.09. The van der Waals surface area contributed by atoms with Crippen LogP contribution in [0.4, 0.5) is 11.4 Å². The summed E-state index contributed by atoms with van der Waals surface area (Å²) in [5, 5.41) is 14.2. The van der Waals surface area contributed by atoms with Gasteiger partial charge in [0.15, 0.2) is 0 Å². The summed E-state index contributed by atoms with van der Waals surface area (Å²) >= 11 is 0. The molecule has 0 saturated carbocycles. The first-order chi connectivity index (χ1) is 15.0. The first kappa shape index (κ1) is 19.8. The van der Waals surface area contributed by atoms with Gasteiger partial charge in [0, 0.05) is 42.0 Å². The molecule has 0 bridgehead atoms. The molecule has 0 unspecified atom stereocenters. The minimum Gasteiger partial charge on any atom is -0.322 e. The number of carbonyl (C=O) groups excluding carboxylic acids is 1. The number of anilines is 1. The maximum absolute atomic E-state index is 12.6. The molecule has 0 aliphatic heterocycles. The third-order valence-electron chi connectivity index (χ3n) is 4.68. The van der Waals surface area contributed by atoms with E-state index in [1.54, 1.807) is 53.4 Å². The summed E-state index contributed by atoms with van der Waals surface area (Å²) in [5.41, 5.74) is 1.62. The predicted molar refractivity (Wildman–Crippen MR) is 114 cm³/mol. The highest BCUT2D eigenvalue weighted by Crippen LogP contribution is 2.24. The van der Waals surface area contributed by atoms with Crippen LogP contribution in [0.1, 0.15) is 15.9 Å². The molecule has 2 aromatic carbocycles. The summed E-state index contributed by atoms with van der Waals surface area (Å²) in [4.78, 5) is 39.3. The summed E-state index contributed by atoms with van der Waals surface area (Å²) in [6.07, 6.45) is 6.26. The van der Waals surface area contributed by atoms with Crippen molar-refractivity contribution >= 4 is 17.3 Å². The van der Waals surface area contributed by atoms with Gasteiger partial charge < -0.3 is 14.5 Å². The van der Waals surface area contributed by atoms with Crippen LogP contribution >= 0.6 is 0 Å². The number of hydrogen-bond donors (Lipinski definition) is 1. The number of amides is 1. The van der Waals surface area contributed by atoms with E-state index in [1.807, 2.05) is 0 Å². The zero-order chi connectivity index (χ0) is 21.8. The third-order valence-corrected chi connectivity index (χ3v) is 4.68. The van der Waals surface area contributed by atoms with Gasteiger partial charge in [0.2, 0.25) is 0 Å². The molecule has 2 aromatic heterocycles. The second kappa shape index (κ2) is 8.46. The van der Waals surface area contributed by atoms with Crippen molar-refractivity contribution in [3.8, 4) is 5.69 Å². The van der Waals surface area contributed by atoms with Gasteiger partial charge in [-0.25, -0.2) is 4.98 Å². The number of imidazole rings is 1. The van der Waals surface area contributed by atoms with Gasteiger partial charge in [0.1, 0.15) is 5.69 Å². The quantitative estimate of drug-likeness (QED) is 0.384. The highest BCUT2D eigenvalue weighted by Gasteiger charge is 2.19. The number of nitro groups is 1. The standard InChI is InChI=1S/C22H17N5O4/c28-21-3-1-2-11-25(21)14-16-4-7-18(8-5-16)24-22(29)17-6-9-19(20(13-17)27(30)31)26-12-10-23-15-26/h1-13,15H,14H2,(H,24,29). The molecule has 0 fully saturated rings. The average molecular weight is 415 g/mol. The molecule has 154 valence electrons. The molecule has 0 saturated heterocycles. The Hall–Kier alpha value is -4.53. The molecule has 0 spiro atoms. The number of carbonyl (C=O) groups is 1. The highest BCUT2D eigenvalue weighted by molar-refractivity contribution is 6.04. The molecule has 0 aliphatic carbocycles. The first-order valence-electron chi connectivity index (χ1n) is 9.34. The molecule has 2 heterocycles. The van der Waals surface area contributed by atoms with Crippen LogP contribution in [0, 0.1) is 10.1 Å². The number of rotatable bonds is 6. The smallest absolute Gasteiger partial charge is 0.294 e. The van der Waals surface area contributed by atoms with E-state index in [9.17, 15) is 19.7 Å². The van der Waals surface area contributed by atoms with E-state index in [4.69, 9.17) is 0 Å². The predicted octanol–water partition coefficient (Wildman–Crippen LogP) is 3.24. The molecule has 4 aromatic rings. The monoisotopic (exact) mass is 415 g/mol. The number of hydrogen-bond acceptors (Lipinski definition) is 5. The Morgan fingerprint density at radius 3 is 2.55 bits per heavy atom. The lowest BCUT2D eigenvalue weighted by molar-refractivity contribution is -0.384. The molecule has 0 atom stereocenters. The fraction of sp³-hybridized carbons (Fsp3) is 0.0455. The van der Waals surface area contributed by atoms with Crippen LogP contribution in [0.2, 0.25) is 0 Å². The highest BCUT2D eigenvalue weighted by atomic mass is 16.6. The van der Waals surface area contributed by atoms with Gasteiger partial charge in [-0.1, -0.05) is 18.2 Å². The van der Waals surface area contributed by atoms with E-state index in [1.165, 1.54) is 41.4 Å². The van der Waals surface area contributed by atoms with Crippen molar-refractivity contribution in [3.63, 3.8) is 0 Å². The van der Waals surface area contributed by atoms with Crippen molar-refractivity contribution in [1.29, 1.82) is 0 Å². The summed E-state index contributed by atoms with van der Waals surface area (Å²) in [7, 11) is 0. The van der Waals surface area contributed by atoms with Crippen molar-refractivity contribution in [3.05, 3.63) is 117 Å². The molecule has 31 heavy (non-hydrogen) atoms. The molecular weight excluding hydrogens is 398 g/mol. The van der Waals surface area contributed by atoms with Crippen LogP contribution in [0.5, 0.6) is 0 Å². The molecule has 9 nitrogen and oxygen atoms in total. The number of nitrogens with one attached hydrogen (secondary N) is 1. The Morgan fingerprint density at radius 2 is 1.87 bits per heavy atom. The van der Waals surface area contributed by atoms with Crippen LogP contribution in [-0.2, 0) is 6.54 Å². The molecule has 0 radical (unpaired) electrons. The molecule has 1 amide bonds. The average Bonchev–Trinajstić information content (AvgIpc) is 3.31. The Labute approximate surface area is 176 Å². The molecular formula is C22H17N5O4. The molecule has 9 heteroatoms. The Kier molecular flexibility index (Phi) is 5.39. The minimum absolute atomic E-state index is 0.0967. The lowest BCUT2D eigenvalue weighted by Crippen LogP contribution is -2.18. The number of benzene rings is 2. The largest absolute Gasteiger partial charge is 0.322 e. The van der Waals surface area contributed by atoms with Crippen molar-refractivity contribution in [2.45, 2.75) is 6.54 Å². The first-order valence-corrected chi connectivity index (χ1v) is 9.34. The lowest BCUT2D eigenvalue weighted by atomic mass is 10.1. The summed E-state index contributed by atoms with van der Waals surface area (Å²) in [6.45, 7) is 0.413. The van der Waals surface area contributed by atoms with Crippen LogP contribution in [-0.4, -0.2) is 24.9 Å². The van der Waals surface area contributed by atoms with Gasteiger partial charge in [-0.3, -0.25) is 19.7 Å². The van der Waals surface area contributed by atoms with Crippen molar-refractivity contribution in [2.75, 3.05) is 5.32 Å². The fourth-order valence-corrected chi connectivity index (χ4v) is 3.12. The van der Waals surface area contributed by atoms with E-state index in [0.717, 1.165) is 5.56 Å². The Bertz CT molecular complexity index is 1290. The Morgan fingerprint density at radius 1 is 1.06 bits per heavy atom. The maximum atomic E-state index is 12.6. The van der Waals surface area contributed by atoms with Crippen LogP contribution in [0.3, 0.4) is 0 Å². The number of pyridine rings is 1. The number of nitrogens with zero attached hydrogens (tertiary/aromatic N) is 4. The fourth-order valence-electron chi connectivity index (χ4n) is 3.12. The number of aromatic nitrogens is 3. The maximum Gasteiger partial charge on any atom is 0.294 e. The minimum atomic E-state index is -0.535. The molecule has 4 rings (SSSR count). The normalized spacial score (nSPS) is 10.6. The SMILES string of the molecule is O=C(Nc1ccc(Cn2ccccc2=O)cc1)c1ccc(-n2ccnc2)c([N+](=O)[O-])c1. The topological polar surface area (TPSA) is 112 Å². The van der Waals surface area contributed by atoms with Crippen molar-refractivity contribution in [1.82, 2.24) is 14.1 Å². The van der Waals surface area contributed by atoms with E-state index in [2.05, 4.69) is 10.3 Å². The second-order valence-electron chi connectivity index (χ2n) is 6.75. The third kappa shape index (κ3) is 4.40. The van der Waals surface area contributed by atoms with Gasteiger partial charge in [0.25, 0.3) is 17.2 Å². The van der Waals surface area contributed by atoms with Crippen LogP contribution in [0.15, 0.2) is 90.4 Å². The number of nitro benzene ring substituents is 1. The molecule has 1 N–H and O–H groups in total. The van der Waals surface area contributed by atoms with Gasteiger partial charge in [-0.05, 0) is 35.9 Å². The van der Waals surface area contributed by atoms with E-state index in [-0.39, 0.29) is 16.8 Å². The van der Waals surface area contributed by atoms with Gasteiger partial charge >= 0.3 is 0 Å². The van der Waals surface area contributed by atoms with Gasteiger partial charge in [-0.2, -0.15) is 0 Å². The van der Waals surface area contributed by atoms with Crippen molar-refractivity contribution in [2.24, 2.45) is 0 Å². The zero-order valence-corrected chi connectivity index (χ0v) is 16.2. The summed E-state index contributed by atoms with van der Waals surface area (Å²) in [5.74, 6) is -0.465.